The van der Waals surface area contributed by atoms with Gasteiger partial charge in [0.25, 0.3) is 0 Å². The number of likely N-dealkylation sites (tertiary alicyclic amines) is 1. The number of thioether (sulfide) groups is 1. The predicted molar refractivity (Wildman–Crippen MR) is 82.5 cm³/mol. The largest absolute Gasteiger partial charge is 0.409 e. The number of rotatable bonds is 3. The third-order valence-electron chi connectivity index (χ3n) is 4.40. The minimum atomic E-state index is 0.251. The zero-order valence-corrected chi connectivity index (χ0v) is 12.4. The van der Waals surface area contributed by atoms with E-state index in [4.69, 9.17) is 10.9 Å². The highest BCUT2D eigenvalue weighted by Crippen LogP contribution is 2.39. The topological polar surface area (TPSA) is 61.9 Å². The summed E-state index contributed by atoms with van der Waals surface area (Å²) in [6.07, 6.45) is 1.99. The van der Waals surface area contributed by atoms with Crippen molar-refractivity contribution in [2.75, 3.05) is 25.4 Å². The van der Waals surface area contributed by atoms with E-state index in [1.807, 2.05) is 11.8 Å². The van der Waals surface area contributed by atoms with Gasteiger partial charge in [0, 0.05) is 29.0 Å². The van der Waals surface area contributed by atoms with Crippen molar-refractivity contribution < 1.29 is 5.21 Å². The van der Waals surface area contributed by atoms with Gasteiger partial charge in [-0.2, -0.15) is 0 Å². The van der Waals surface area contributed by atoms with E-state index >= 15 is 0 Å². The van der Waals surface area contributed by atoms with Crippen LogP contribution >= 0.6 is 11.8 Å². The Bertz CT molecular complexity index is 498. The molecule has 108 valence electrons. The van der Waals surface area contributed by atoms with Crippen molar-refractivity contribution in [1.82, 2.24) is 4.90 Å². The van der Waals surface area contributed by atoms with Crippen LogP contribution in [0.5, 0.6) is 0 Å². The third kappa shape index (κ3) is 2.79. The Labute approximate surface area is 124 Å². The second-order valence-corrected chi connectivity index (χ2v) is 6.71. The van der Waals surface area contributed by atoms with E-state index in [0.29, 0.717) is 11.8 Å². The maximum absolute atomic E-state index is 8.74. The van der Waals surface area contributed by atoms with Crippen LogP contribution in [0.1, 0.15) is 24.3 Å². The van der Waals surface area contributed by atoms with Crippen LogP contribution in [0.15, 0.2) is 34.3 Å². The highest BCUT2D eigenvalue weighted by atomic mass is 32.2. The van der Waals surface area contributed by atoms with E-state index in [9.17, 15) is 0 Å². The zero-order valence-electron chi connectivity index (χ0n) is 11.5. The summed E-state index contributed by atoms with van der Waals surface area (Å²) < 4.78 is 0. The molecule has 0 spiro atoms. The van der Waals surface area contributed by atoms with Gasteiger partial charge in [0.1, 0.15) is 5.84 Å². The van der Waals surface area contributed by atoms with Gasteiger partial charge in [-0.1, -0.05) is 23.4 Å². The fraction of sp³-hybridized carbons (Fsp3) is 0.533. The van der Waals surface area contributed by atoms with Crippen LogP contribution < -0.4 is 5.73 Å². The summed E-state index contributed by atoms with van der Waals surface area (Å²) in [5.41, 5.74) is 7.21. The summed E-state index contributed by atoms with van der Waals surface area (Å²) in [7, 11) is 0. The molecule has 1 aromatic carbocycles. The lowest BCUT2D eigenvalue weighted by Gasteiger charge is -2.33. The Morgan fingerprint density at radius 2 is 2.10 bits per heavy atom. The predicted octanol–water partition coefficient (Wildman–Crippen LogP) is 2.33. The van der Waals surface area contributed by atoms with E-state index in [-0.39, 0.29) is 5.92 Å². The summed E-state index contributed by atoms with van der Waals surface area (Å²) in [6.45, 7) is 3.22. The molecule has 0 aromatic heterocycles. The summed E-state index contributed by atoms with van der Waals surface area (Å²) >= 11 is 1.97. The molecule has 2 aliphatic rings. The molecule has 1 fully saturated rings. The first-order valence-electron chi connectivity index (χ1n) is 7.19. The number of nitrogens with zero attached hydrogens (tertiary/aromatic N) is 2. The SMILES string of the molecule is NC(=NO)C1CCN(CC2CSc3ccccc32)CC1. The van der Waals surface area contributed by atoms with Gasteiger partial charge in [-0.15, -0.1) is 11.8 Å². The lowest BCUT2D eigenvalue weighted by Crippen LogP contribution is -2.40. The van der Waals surface area contributed by atoms with Crippen molar-refractivity contribution in [3.8, 4) is 0 Å². The maximum Gasteiger partial charge on any atom is 0.142 e. The lowest BCUT2D eigenvalue weighted by molar-refractivity contribution is 0.198. The summed E-state index contributed by atoms with van der Waals surface area (Å²) in [4.78, 5) is 3.97. The third-order valence-corrected chi connectivity index (χ3v) is 5.65. The first kappa shape index (κ1) is 13.8. The van der Waals surface area contributed by atoms with Gasteiger partial charge >= 0.3 is 0 Å². The molecule has 3 N–H and O–H groups in total. The minimum Gasteiger partial charge on any atom is -0.409 e. The van der Waals surface area contributed by atoms with Crippen molar-refractivity contribution in [3.63, 3.8) is 0 Å². The Morgan fingerprint density at radius 3 is 2.85 bits per heavy atom. The molecule has 1 saturated heterocycles. The quantitative estimate of drug-likeness (QED) is 0.388. The number of oxime groups is 1. The van der Waals surface area contributed by atoms with Crippen LogP contribution in [0.3, 0.4) is 0 Å². The van der Waals surface area contributed by atoms with Gasteiger partial charge in [0.15, 0.2) is 0 Å². The molecule has 1 unspecified atom stereocenters. The second-order valence-electron chi connectivity index (χ2n) is 5.65. The summed E-state index contributed by atoms with van der Waals surface area (Å²) in [6, 6.07) is 8.76. The van der Waals surface area contributed by atoms with Crippen molar-refractivity contribution in [2.45, 2.75) is 23.7 Å². The molecule has 1 atom stereocenters. The molecule has 20 heavy (non-hydrogen) atoms. The number of hydrogen-bond acceptors (Lipinski definition) is 4. The van der Waals surface area contributed by atoms with E-state index in [0.717, 1.165) is 32.5 Å². The number of amidine groups is 1. The van der Waals surface area contributed by atoms with E-state index < -0.39 is 0 Å². The molecular weight excluding hydrogens is 270 g/mol. The maximum atomic E-state index is 8.74. The van der Waals surface area contributed by atoms with Crippen molar-refractivity contribution in [2.24, 2.45) is 16.8 Å². The van der Waals surface area contributed by atoms with Crippen LogP contribution in [0.2, 0.25) is 0 Å². The van der Waals surface area contributed by atoms with Crippen LogP contribution in [-0.2, 0) is 0 Å². The minimum absolute atomic E-state index is 0.251. The standard InChI is InChI=1S/C15H21N3OS/c16-15(17-19)11-5-7-18(8-6-11)9-12-10-20-14-4-2-1-3-13(12)14/h1-4,11-12,19H,5-10H2,(H2,16,17). The normalized spacial score (nSPS) is 24.8. The molecule has 0 bridgehead atoms. The van der Waals surface area contributed by atoms with E-state index in [1.165, 1.54) is 16.2 Å². The Balaban J connectivity index is 1.56. The van der Waals surface area contributed by atoms with Crippen LogP contribution in [0.25, 0.3) is 0 Å². The van der Waals surface area contributed by atoms with E-state index in [2.05, 4.69) is 34.3 Å². The molecule has 2 aliphatic heterocycles. The molecule has 0 aliphatic carbocycles. The van der Waals surface area contributed by atoms with Crippen LogP contribution in [-0.4, -0.2) is 41.3 Å². The van der Waals surface area contributed by atoms with Gasteiger partial charge < -0.3 is 15.8 Å². The number of piperidine rings is 1. The van der Waals surface area contributed by atoms with E-state index in [1.54, 1.807) is 0 Å². The van der Waals surface area contributed by atoms with Crippen molar-refractivity contribution in [1.29, 1.82) is 0 Å². The van der Waals surface area contributed by atoms with Gasteiger partial charge in [-0.3, -0.25) is 0 Å². The fourth-order valence-electron chi connectivity index (χ4n) is 3.19. The Hall–Kier alpha value is -1.20. The molecule has 0 amide bonds. The number of nitrogens with two attached hydrogens (primary N) is 1. The van der Waals surface area contributed by atoms with Crippen LogP contribution in [0.4, 0.5) is 0 Å². The molecule has 0 saturated carbocycles. The fourth-order valence-corrected chi connectivity index (χ4v) is 4.43. The average Bonchev–Trinajstić information content (AvgIpc) is 2.91. The molecule has 1 aromatic rings. The second kappa shape index (κ2) is 6.06. The molecule has 4 nitrogen and oxygen atoms in total. The zero-order chi connectivity index (χ0) is 13.9. The first-order chi connectivity index (χ1) is 9.78. The van der Waals surface area contributed by atoms with Gasteiger partial charge in [-0.05, 0) is 37.6 Å². The molecule has 5 heteroatoms. The molecular formula is C15H21N3OS. The molecule has 3 rings (SSSR count). The summed E-state index contributed by atoms with van der Waals surface area (Å²) in [5.74, 6) is 2.49. The van der Waals surface area contributed by atoms with Crippen molar-refractivity contribution >= 4 is 17.6 Å². The number of benzene rings is 1. The Kier molecular flexibility index (Phi) is 4.17. The number of hydrogen-bond donors (Lipinski definition) is 2. The molecule has 2 heterocycles. The average molecular weight is 291 g/mol. The monoisotopic (exact) mass is 291 g/mol. The van der Waals surface area contributed by atoms with Crippen molar-refractivity contribution in [3.05, 3.63) is 29.8 Å². The lowest BCUT2D eigenvalue weighted by atomic mass is 9.94. The first-order valence-corrected chi connectivity index (χ1v) is 8.18. The Morgan fingerprint density at radius 1 is 1.35 bits per heavy atom. The molecule has 0 radical (unpaired) electrons. The van der Waals surface area contributed by atoms with Gasteiger partial charge in [-0.25, -0.2) is 0 Å². The van der Waals surface area contributed by atoms with Gasteiger partial charge in [0.05, 0.1) is 0 Å². The van der Waals surface area contributed by atoms with Gasteiger partial charge in [0.2, 0.25) is 0 Å². The highest BCUT2D eigenvalue weighted by molar-refractivity contribution is 7.99. The number of fused-ring (bicyclic) bond motifs is 1. The smallest absolute Gasteiger partial charge is 0.142 e. The highest BCUT2D eigenvalue weighted by Gasteiger charge is 2.28. The summed E-state index contributed by atoms with van der Waals surface area (Å²) in [5, 5.41) is 11.9. The van der Waals surface area contributed by atoms with Crippen LogP contribution in [0, 0.1) is 5.92 Å².